The quantitative estimate of drug-likeness (QED) is 0.761. The molecule has 0 amide bonds. The minimum absolute atomic E-state index is 0.178. The summed E-state index contributed by atoms with van der Waals surface area (Å²) in [6.45, 7) is 1.69. The summed E-state index contributed by atoms with van der Waals surface area (Å²) in [5, 5.41) is 17.9. The summed E-state index contributed by atoms with van der Waals surface area (Å²) in [5.74, 6) is -0.367. The SMILES string of the molecule is CCc1cc(OC(F)(F)F)ccc1B(O)O. The third kappa shape index (κ3) is 3.43. The second-order valence-corrected chi connectivity index (χ2v) is 3.14. The fraction of sp³-hybridized carbons (Fsp3) is 0.333. The Balaban J connectivity index is 3.00. The fourth-order valence-corrected chi connectivity index (χ4v) is 1.34. The van der Waals surface area contributed by atoms with Gasteiger partial charge in [0.2, 0.25) is 0 Å². The maximum Gasteiger partial charge on any atom is 0.573 e. The van der Waals surface area contributed by atoms with E-state index >= 15 is 0 Å². The van der Waals surface area contributed by atoms with Gasteiger partial charge in [0.1, 0.15) is 5.75 Å². The van der Waals surface area contributed by atoms with Gasteiger partial charge >= 0.3 is 13.5 Å². The zero-order chi connectivity index (χ0) is 12.3. The van der Waals surface area contributed by atoms with Gasteiger partial charge in [0, 0.05) is 0 Å². The zero-order valence-corrected chi connectivity index (χ0v) is 8.45. The largest absolute Gasteiger partial charge is 0.573 e. The molecule has 3 nitrogen and oxygen atoms in total. The summed E-state index contributed by atoms with van der Waals surface area (Å²) in [5.41, 5.74) is 0.578. The predicted molar refractivity (Wildman–Crippen MR) is 52.3 cm³/mol. The van der Waals surface area contributed by atoms with E-state index in [1.54, 1.807) is 6.92 Å². The van der Waals surface area contributed by atoms with Crippen molar-refractivity contribution in [3.63, 3.8) is 0 Å². The molecule has 0 aliphatic rings. The second-order valence-electron chi connectivity index (χ2n) is 3.14. The molecule has 1 rings (SSSR count). The van der Waals surface area contributed by atoms with E-state index in [1.165, 1.54) is 6.07 Å². The first-order valence-corrected chi connectivity index (χ1v) is 4.58. The molecule has 0 heterocycles. The molecule has 1 aromatic carbocycles. The van der Waals surface area contributed by atoms with Crippen LogP contribution in [0.4, 0.5) is 13.2 Å². The summed E-state index contributed by atoms with van der Waals surface area (Å²) in [6, 6.07) is 3.38. The zero-order valence-electron chi connectivity index (χ0n) is 8.45. The van der Waals surface area contributed by atoms with Crippen molar-refractivity contribution in [2.75, 3.05) is 0 Å². The summed E-state index contributed by atoms with van der Waals surface area (Å²) in [6.07, 6.45) is -4.37. The number of ether oxygens (including phenoxy) is 1. The molecule has 2 N–H and O–H groups in total. The highest BCUT2D eigenvalue weighted by atomic mass is 19.4. The van der Waals surface area contributed by atoms with E-state index in [0.29, 0.717) is 12.0 Å². The first-order valence-electron chi connectivity index (χ1n) is 4.58. The highest BCUT2D eigenvalue weighted by Crippen LogP contribution is 2.22. The minimum Gasteiger partial charge on any atom is -0.423 e. The van der Waals surface area contributed by atoms with Crippen LogP contribution >= 0.6 is 0 Å². The molecular formula is C9H10BF3O3. The number of halogens is 3. The molecule has 0 spiro atoms. The summed E-state index contributed by atoms with van der Waals surface area (Å²) in [4.78, 5) is 0. The van der Waals surface area contributed by atoms with E-state index in [4.69, 9.17) is 10.0 Å². The average molecular weight is 234 g/mol. The molecule has 0 saturated carbocycles. The van der Waals surface area contributed by atoms with Gasteiger partial charge in [0.25, 0.3) is 0 Å². The van der Waals surface area contributed by atoms with Crippen molar-refractivity contribution in [3.05, 3.63) is 23.8 Å². The average Bonchev–Trinajstić information content (AvgIpc) is 2.14. The number of benzene rings is 1. The number of hydrogen-bond acceptors (Lipinski definition) is 3. The lowest BCUT2D eigenvalue weighted by atomic mass is 9.76. The molecule has 0 aliphatic carbocycles. The van der Waals surface area contributed by atoms with E-state index < -0.39 is 13.5 Å². The van der Waals surface area contributed by atoms with Crippen LogP contribution in [-0.2, 0) is 6.42 Å². The molecule has 7 heteroatoms. The Morgan fingerprint density at radius 3 is 2.38 bits per heavy atom. The van der Waals surface area contributed by atoms with Crippen LogP contribution in [0.2, 0.25) is 0 Å². The van der Waals surface area contributed by atoms with Gasteiger partial charge in [-0.3, -0.25) is 0 Å². The molecule has 0 atom stereocenters. The van der Waals surface area contributed by atoms with E-state index in [1.807, 2.05) is 0 Å². The Morgan fingerprint density at radius 1 is 1.31 bits per heavy atom. The molecule has 1 aromatic rings. The Kier molecular flexibility index (Phi) is 3.82. The van der Waals surface area contributed by atoms with Gasteiger partial charge in [-0.2, -0.15) is 0 Å². The van der Waals surface area contributed by atoms with Gasteiger partial charge in [-0.1, -0.05) is 13.0 Å². The van der Waals surface area contributed by atoms with E-state index in [9.17, 15) is 13.2 Å². The van der Waals surface area contributed by atoms with Gasteiger partial charge in [0.05, 0.1) is 0 Å². The molecule has 16 heavy (non-hydrogen) atoms. The van der Waals surface area contributed by atoms with Crippen LogP contribution in [0.25, 0.3) is 0 Å². The third-order valence-corrected chi connectivity index (χ3v) is 2.01. The topological polar surface area (TPSA) is 49.7 Å². The van der Waals surface area contributed by atoms with E-state index in [2.05, 4.69) is 4.74 Å². The molecule has 0 aliphatic heterocycles. The lowest BCUT2D eigenvalue weighted by Gasteiger charge is -2.12. The van der Waals surface area contributed by atoms with Crippen molar-refractivity contribution < 1.29 is 28.0 Å². The normalized spacial score (nSPS) is 11.4. The first kappa shape index (κ1) is 12.9. The van der Waals surface area contributed by atoms with Crippen molar-refractivity contribution >= 4 is 12.6 Å². The minimum atomic E-state index is -4.75. The van der Waals surface area contributed by atoms with Crippen LogP contribution in [0.1, 0.15) is 12.5 Å². The molecule has 0 unspecified atom stereocenters. The first-order chi connectivity index (χ1) is 7.33. The van der Waals surface area contributed by atoms with Crippen LogP contribution in [0.15, 0.2) is 18.2 Å². The van der Waals surface area contributed by atoms with Crippen LogP contribution < -0.4 is 10.2 Å². The van der Waals surface area contributed by atoms with Crippen molar-refractivity contribution in [1.82, 2.24) is 0 Å². The Bertz CT molecular complexity index is 366. The fourth-order valence-electron chi connectivity index (χ4n) is 1.34. The van der Waals surface area contributed by atoms with Crippen molar-refractivity contribution in [2.45, 2.75) is 19.7 Å². The second kappa shape index (κ2) is 4.75. The van der Waals surface area contributed by atoms with E-state index in [0.717, 1.165) is 12.1 Å². The standard InChI is InChI=1S/C9H10BF3O3/c1-2-6-5-7(16-9(11,12)13)3-4-8(6)10(14)15/h3-5,14-15H,2H2,1H3. The Morgan fingerprint density at radius 2 is 1.94 bits per heavy atom. The molecule has 88 valence electrons. The molecule has 0 fully saturated rings. The number of aryl methyl sites for hydroxylation is 1. The number of rotatable bonds is 3. The molecular weight excluding hydrogens is 224 g/mol. The van der Waals surface area contributed by atoms with Crippen LogP contribution in [-0.4, -0.2) is 23.5 Å². The highest BCUT2D eigenvalue weighted by molar-refractivity contribution is 6.59. The third-order valence-electron chi connectivity index (χ3n) is 2.01. The van der Waals surface area contributed by atoms with E-state index in [-0.39, 0.29) is 11.2 Å². The maximum atomic E-state index is 11.9. The van der Waals surface area contributed by atoms with Crippen molar-refractivity contribution in [3.8, 4) is 5.75 Å². The monoisotopic (exact) mass is 234 g/mol. The number of alkyl halides is 3. The lowest BCUT2D eigenvalue weighted by Crippen LogP contribution is -2.33. The molecule has 0 bridgehead atoms. The molecule has 0 saturated heterocycles. The smallest absolute Gasteiger partial charge is 0.423 e. The Labute approximate surface area is 90.6 Å². The lowest BCUT2D eigenvalue weighted by molar-refractivity contribution is -0.274. The van der Waals surface area contributed by atoms with Gasteiger partial charge < -0.3 is 14.8 Å². The summed E-state index contributed by atoms with van der Waals surface area (Å²) < 4.78 is 39.5. The van der Waals surface area contributed by atoms with Crippen LogP contribution in [0.3, 0.4) is 0 Å². The van der Waals surface area contributed by atoms with Crippen LogP contribution in [0, 0.1) is 0 Å². The molecule has 0 radical (unpaired) electrons. The predicted octanol–water partition coefficient (Wildman–Crippen LogP) is 0.827. The Hall–Kier alpha value is -1.21. The molecule has 0 aromatic heterocycles. The highest BCUT2D eigenvalue weighted by Gasteiger charge is 2.31. The van der Waals surface area contributed by atoms with Gasteiger partial charge in [-0.05, 0) is 29.6 Å². The van der Waals surface area contributed by atoms with Gasteiger partial charge in [-0.25, -0.2) is 0 Å². The van der Waals surface area contributed by atoms with Gasteiger partial charge in [0.15, 0.2) is 0 Å². The van der Waals surface area contributed by atoms with Gasteiger partial charge in [-0.15, -0.1) is 13.2 Å². The summed E-state index contributed by atoms with van der Waals surface area (Å²) >= 11 is 0. The maximum absolute atomic E-state index is 11.9. The van der Waals surface area contributed by atoms with Crippen LogP contribution in [0.5, 0.6) is 5.75 Å². The number of hydrogen-bond donors (Lipinski definition) is 2. The summed E-state index contributed by atoms with van der Waals surface area (Å²) in [7, 11) is -1.70. The van der Waals surface area contributed by atoms with Crippen molar-refractivity contribution in [1.29, 1.82) is 0 Å². The van der Waals surface area contributed by atoms with Crippen molar-refractivity contribution in [2.24, 2.45) is 0 Å².